The number of para-hydroxylation sites is 1. The second kappa shape index (κ2) is 4.62. The van der Waals surface area contributed by atoms with E-state index in [9.17, 15) is 4.79 Å². The van der Waals surface area contributed by atoms with Crippen molar-refractivity contribution in [3.05, 3.63) is 35.5 Å². The van der Waals surface area contributed by atoms with Crippen LogP contribution in [0.15, 0.2) is 24.4 Å². The molecule has 0 unspecified atom stereocenters. The van der Waals surface area contributed by atoms with Gasteiger partial charge < -0.3 is 10.3 Å². The Kier molecular flexibility index (Phi) is 2.74. The maximum atomic E-state index is 13.0. The van der Waals surface area contributed by atoms with Crippen molar-refractivity contribution < 1.29 is 4.79 Å². The lowest BCUT2D eigenvalue weighted by molar-refractivity contribution is -0.0166. The van der Waals surface area contributed by atoms with Gasteiger partial charge in [-0.25, -0.2) is 0 Å². The number of aromatic nitrogens is 1. The number of H-pyrrole nitrogens is 1. The van der Waals surface area contributed by atoms with Crippen molar-refractivity contribution in [2.24, 2.45) is 17.8 Å². The first-order chi connectivity index (χ1) is 11.1. The predicted octanol–water partition coefficient (Wildman–Crippen LogP) is 4.17. The fraction of sp³-hybridized carbons (Fsp3) is 0.550. The molecule has 4 bridgehead atoms. The highest BCUT2D eigenvalue weighted by molar-refractivity contribution is 6.07. The number of carbonyl (C=O) groups is 1. The van der Waals surface area contributed by atoms with Gasteiger partial charge in [-0.1, -0.05) is 18.2 Å². The Morgan fingerprint density at radius 3 is 2.43 bits per heavy atom. The minimum atomic E-state index is 0.0826. The topological polar surface area (TPSA) is 44.9 Å². The summed E-state index contributed by atoms with van der Waals surface area (Å²) in [6.07, 6.45) is 9.70. The summed E-state index contributed by atoms with van der Waals surface area (Å²) in [4.78, 5) is 16.3. The summed E-state index contributed by atoms with van der Waals surface area (Å²) in [7, 11) is 0. The smallest absolute Gasteiger partial charge is 0.253 e. The lowest BCUT2D eigenvalue weighted by atomic mass is 9.53. The number of benzene rings is 1. The molecule has 0 atom stereocenters. The summed E-state index contributed by atoms with van der Waals surface area (Å²) in [5.74, 6) is 2.68. The van der Waals surface area contributed by atoms with Crippen LogP contribution in [-0.2, 0) is 0 Å². The zero-order valence-electron chi connectivity index (χ0n) is 13.7. The van der Waals surface area contributed by atoms with E-state index in [1.165, 1.54) is 44.1 Å². The van der Waals surface area contributed by atoms with Crippen LogP contribution in [0.5, 0.6) is 0 Å². The number of amides is 1. The van der Waals surface area contributed by atoms with Crippen LogP contribution >= 0.6 is 0 Å². The van der Waals surface area contributed by atoms with Crippen LogP contribution in [0.25, 0.3) is 10.9 Å². The third-order valence-corrected chi connectivity index (χ3v) is 6.59. The summed E-state index contributed by atoms with van der Waals surface area (Å²) >= 11 is 0. The molecule has 6 rings (SSSR count). The number of aryl methyl sites for hydroxylation is 1. The number of hydrogen-bond acceptors (Lipinski definition) is 1. The van der Waals surface area contributed by atoms with E-state index in [4.69, 9.17) is 0 Å². The first-order valence-electron chi connectivity index (χ1n) is 9.01. The van der Waals surface area contributed by atoms with Crippen molar-refractivity contribution >= 4 is 16.8 Å². The van der Waals surface area contributed by atoms with Gasteiger partial charge in [-0.3, -0.25) is 4.79 Å². The maximum Gasteiger partial charge on any atom is 0.253 e. The zero-order chi connectivity index (χ0) is 15.6. The van der Waals surface area contributed by atoms with Crippen LogP contribution in [0.4, 0.5) is 0 Å². The molecule has 1 amide bonds. The maximum absolute atomic E-state index is 13.0. The first-order valence-corrected chi connectivity index (χ1v) is 9.01. The highest BCUT2D eigenvalue weighted by Crippen LogP contribution is 2.55. The SMILES string of the molecule is Cc1cccc2c(C(=O)NC34CC5CC(CC(C5)C3)C4)c[nH]c12. The van der Waals surface area contributed by atoms with Crippen molar-refractivity contribution in [3.63, 3.8) is 0 Å². The van der Waals surface area contributed by atoms with Crippen LogP contribution < -0.4 is 5.32 Å². The zero-order valence-corrected chi connectivity index (χ0v) is 13.7. The minimum absolute atomic E-state index is 0.0826. The van der Waals surface area contributed by atoms with Crippen LogP contribution in [0, 0.1) is 24.7 Å². The van der Waals surface area contributed by atoms with Crippen molar-refractivity contribution in [2.75, 3.05) is 0 Å². The average molecular weight is 308 g/mol. The van der Waals surface area contributed by atoms with Gasteiger partial charge in [-0.05, 0) is 68.8 Å². The lowest BCUT2D eigenvalue weighted by Gasteiger charge is -2.56. The minimum Gasteiger partial charge on any atom is -0.360 e. The van der Waals surface area contributed by atoms with E-state index in [0.717, 1.165) is 34.2 Å². The summed E-state index contributed by atoms with van der Waals surface area (Å²) in [5, 5.41) is 4.53. The molecule has 1 aromatic carbocycles. The van der Waals surface area contributed by atoms with E-state index in [1.54, 1.807) is 0 Å². The summed E-state index contributed by atoms with van der Waals surface area (Å²) in [5.41, 5.74) is 3.16. The molecule has 0 spiro atoms. The van der Waals surface area contributed by atoms with Crippen molar-refractivity contribution in [1.29, 1.82) is 0 Å². The number of rotatable bonds is 2. The second-order valence-corrected chi connectivity index (χ2v) is 8.35. The Labute approximate surface area is 136 Å². The van der Waals surface area contributed by atoms with Gasteiger partial charge in [0.05, 0.1) is 5.56 Å². The van der Waals surface area contributed by atoms with Gasteiger partial charge in [0.25, 0.3) is 5.91 Å². The second-order valence-electron chi connectivity index (χ2n) is 8.35. The molecule has 0 saturated heterocycles. The average Bonchev–Trinajstić information content (AvgIpc) is 2.90. The molecule has 120 valence electrons. The van der Waals surface area contributed by atoms with Crippen LogP contribution in [0.1, 0.15) is 54.4 Å². The van der Waals surface area contributed by atoms with Gasteiger partial charge in [0, 0.05) is 22.6 Å². The molecule has 1 aromatic heterocycles. The van der Waals surface area contributed by atoms with E-state index >= 15 is 0 Å². The molecule has 4 saturated carbocycles. The molecule has 0 radical (unpaired) electrons. The highest BCUT2D eigenvalue weighted by atomic mass is 16.1. The molecular weight excluding hydrogens is 284 g/mol. The van der Waals surface area contributed by atoms with Gasteiger partial charge in [0.2, 0.25) is 0 Å². The molecule has 1 heterocycles. The lowest BCUT2D eigenvalue weighted by Crippen LogP contribution is -2.59. The van der Waals surface area contributed by atoms with Gasteiger partial charge >= 0.3 is 0 Å². The monoisotopic (exact) mass is 308 g/mol. The van der Waals surface area contributed by atoms with Crippen molar-refractivity contribution in [1.82, 2.24) is 10.3 Å². The normalized spacial score (nSPS) is 34.9. The molecule has 2 N–H and O–H groups in total. The fourth-order valence-electron chi connectivity index (χ4n) is 6.07. The largest absolute Gasteiger partial charge is 0.360 e. The number of hydrogen-bond donors (Lipinski definition) is 2. The molecule has 23 heavy (non-hydrogen) atoms. The van der Waals surface area contributed by atoms with Crippen LogP contribution in [-0.4, -0.2) is 16.4 Å². The fourth-order valence-corrected chi connectivity index (χ4v) is 6.07. The number of carbonyl (C=O) groups excluding carboxylic acids is 1. The summed E-state index contributed by atoms with van der Waals surface area (Å²) in [6, 6.07) is 6.17. The predicted molar refractivity (Wildman–Crippen MR) is 91.4 cm³/mol. The van der Waals surface area contributed by atoms with Crippen molar-refractivity contribution in [2.45, 2.75) is 51.0 Å². The molecule has 4 fully saturated rings. The van der Waals surface area contributed by atoms with Gasteiger partial charge in [0.15, 0.2) is 0 Å². The Bertz CT molecular complexity index is 753. The number of aromatic amines is 1. The van der Waals surface area contributed by atoms with E-state index in [1.807, 2.05) is 18.3 Å². The number of nitrogens with one attached hydrogen (secondary N) is 2. The molecule has 3 nitrogen and oxygen atoms in total. The third-order valence-electron chi connectivity index (χ3n) is 6.59. The summed E-state index contributed by atoms with van der Waals surface area (Å²) in [6.45, 7) is 2.08. The number of fused-ring (bicyclic) bond motifs is 1. The quantitative estimate of drug-likeness (QED) is 0.859. The molecule has 0 aliphatic heterocycles. The molecule has 4 aliphatic carbocycles. The molecule has 3 heteroatoms. The Balaban J connectivity index is 1.46. The molecular formula is C20H24N2O. The highest BCUT2D eigenvalue weighted by Gasteiger charge is 2.51. The van der Waals surface area contributed by atoms with Crippen LogP contribution in [0.2, 0.25) is 0 Å². The van der Waals surface area contributed by atoms with E-state index < -0.39 is 0 Å². The first kappa shape index (κ1) is 13.6. The molecule has 2 aromatic rings. The van der Waals surface area contributed by atoms with E-state index in [2.05, 4.69) is 23.3 Å². The van der Waals surface area contributed by atoms with Gasteiger partial charge in [-0.15, -0.1) is 0 Å². The van der Waals surface area contributed by atoms with Crippen molar-refractivity contribution in [3.8, 4) is 0 Å². The Morgan fingerprint density at radius 1 is 1.13 bits per heavy atom. The Morgan fingerprint density at radius 2 is 1.78 bits per heavy atom. The standard InChI is InChI=1S/C20H24N2O/c1-12-3-2-4-16-17(11-21-18(12)16)19(23)22-20-8-13-5-14(9-20)7-15(6-13)10-20/h2-4,11,13-15,21H,5-10H2,1H3,(H,22,23). The Hall–Kier alpha value is -1.77. The van der Waals surface area contributed by atoms with Gasteiger partial charge in [-0.2, -0.15) is 0 Å². The third kappa shape index (κ3) is 2.05. The summed E-state index contributed by atoms with van der Waals surface area (Å²) < 4.78 is 0. The van der Waals surface area contributed by atoms with Crippen LogP contribution in [0.3, 0.4) is 0 Å². The van der Waals surface area contributed by atoms with E-state index in [-0.39, 0.29) is 11.4 Å². The molecule has 4 aliphatic rings. The van der Waals surface area contributed by atoms with E-state index in [0.29, 0.717) is 0 Å². The van der Waals surface area contributed by atoms with Gasteiger partial charge in [0.1, 0.15) is 0 Å².